The van der Waals surface area contributed by atoms with Crippen LogP contribution in [0.25, 0.3) is 0 Å². The Morgan fingerprint density at radius 2 is 2.43 bits per heavy atom. The van der Waals surface area contributed by atoms with Crippen LogP contribution in [0.2, 0.25) is 0 Å². The molecule has 0 fully saturated rings. The van der Waals surface area contributed by atoms with Crippen LogP contribution in [0.15, 0.2) is 9.98 Å². The molecule has 0 aromatic rings. The summed E-state index contributed by atoms with van der Waals surface area (Å²) < 4.78 is 4.70. The molecule has 14 heavy (non-hydrogen) atoms. The molecule has 1 aliphatic rings. The average molecular weight is 217 g/mol. The number of carbonyl (C=O) groups is 2. The van der Waals surface area contributed by atoms with Crippen LogP contribution in [-0.4, -0.2) is 35.9 Å². The van der Waals surface area contributed by atoms with Crippen molar-refractivity contribution in [3.63, 3.8) is 0 Å². The summed E-state index contributed by atoms with van der Waals surface area (Å²) in [5, 5.41) is 0. The van der Waals surface area contributed by atoms with Gasteiger partial charge in [0, 0.05) is 0 Å². The predicted molar refractivity (Wildman–Crippen MR) is 51.8 cm³/mol. The van der Waals surface area contributed by atoms with E-state index in [0.717, 1.165) is 0 Å². The van der Waals surface area contributed by atoms with Gasteiger partial charge < -0.3 is 4.74 Å². The molecular weight excluding hydrogens is 208 g/mol. The Hall–Kier alpha value is -1.23. The fourth-order valence-electron chi connectivity index (χ4n) is 0.885. The second kappa shape index (κ2) is 4.85. The Balaban J connectivity index is 2.55. The topological polar surface area (TPSA) is 68.1 Å². The van der Waals surface area contributed by atoms with Crippen LogP contribution < -0.4 is 0 Å². The van der Waals surface area contributed by atoms with E-state index in [9.17, 15) is 9.59 Å². The van der Waals surface area contributed by atoms with Crippen molar-refractivity contribution in [2.24, 2.45) is 9.98 Å². The van der Waals surface area contributed by atoms with Crippen molar-refractivity contribution < 1.29 is 14.3 Å². The summed E-state index contributed by atoms with van der Waals surface area (Å²) in [6.45, 7) is 2.02. The molecule has 0 radical (unpaired) electrons. The number of carbonyl (C=O) groups excluding carboxylic acids is 2. The molecule has 0 spiro atoms. The van der Waals surface area contributed by atoms with Crippen molar-refractivity contribution in [1.29, 1.82) is 0 Å². The predicted octanol–water partition coefficient (Wildman–Crippen LogP) is 0.557. The minimum atomic E-state index is -1.01. The first kappa shape index (κ1) is 10.8. The fraction of sp³-hybridized carbons (Fsp3) is 0.500. The lowest BCUT2D eigenvalue weighted by atomic mass is 10.2. The van der Waals surface area contributed by atoms with Gasteiger partial charge in [-0.25, -0.2) is 4.99 Å². The van der Waals surface area contributed by atoms with Crippen LogP contribution in [0.4, 0.5) is 0 Å². The highest BCUT2D eigenvalue weighted by Gasteiger charge is 2.19. The summed E-state index contributed by atoms with van der Waals surface area (Å²) in [6.07, 6.45) is 1.23. The molecule has 0 saturated heterocycles. The monoisotopic (exact) mass is 216 g/mol. The molecule has 1 amide bonds. The van der Waals surface area contributed by atoms with E-state index in [1.165, 1.54) is 6.21 Å². The highest BCUT2D eigenvalue weighted by Crippen LogP contribution is 2.06. The molecule has 5 nitrogen and oxygen atoms in total. The van der Waals surface area contributed by atoms with Gasteiger partial charge in [0.15, 0.2) is 0 Å². The van der Waals surface area contributed by atoms with E-state index in [4.69, 9.17) is 16.3 Å². The van der Waals surface area contributed by atoms with Crippen LogP contribution in [-0.2, 0) is 14.3 Å². The zero-order chi connectivity index (χ0) is 10.6. The third kappa shape index (κ3) is 2.92. The molecule has 0 bridgehead atoms. The van der Waals surface area contributed by atoms with E-state index in [1.807, 2.05) is 0 Å². The fourth-order valence-corrected chi connectivity index (χ4v) is 1.07. The summed E-state index contributed by atoms with van der Waals surface area (Å²) in [5.41, 5.74) is -0.646. The van der Waals surface area contributed by atoms with Gasteiger partial charge in [0.25, 0.3) is 5.91 Å². The van der Waals surface area contributed by atoms with Crippen LogP contribution >= 0.6 is 11.6 Å². The summed E-state index contributed by atoms with van der Waals surface area (Å²) in [6, 6.07) is 0. The number of ether oxygens (including phenoxy) is 1. The normalized spacial score (nSPS) is 20.6. The molecular formula is C8H9ClN2O3. The maximum absolute atomic E-state index is 11.0. The molecule has 0 saturated carbocycles. The third-order valence-corrected chi connectivity index (χ3v) is 1.74. The summed E-state index contributed by atoms with van der Waals surface area (Å²) >= 11 is 5.52. The number of aliphatic imine (C=N–C) groups is 2. The first-order chi connectivity index (χ1) is 6.63. The summed E-state index contributed by atoms with van der Waals surface area (Å²) in [4.78, 5) is 29.0. The summed E-state index contributed by atoms with van der Waals surface area (Å²) in [7, 11) is 0. The molecule has 1 atom stereocenters. The Morgan fingerprint density at radius 1 is 1.71 bits per heavy atom. The zero-order valence-corrected chi connectivity index (χ0v) is 8.32. The third-order valence-electron chi connectivity index (χ3n) is 1.45. The SMILES string of the molecule is CCOC(=O)CC1=NC(Cl)C(=O)N=C1. The molecule has 0 aromatic carbocycles. The van der Waals surface area contributed by atoms with Gasteiger partial charge in [0.2, 0.25) is 5.50 Å². The first-order valence-corrected chi connectivity index (χ1v) is 4.51. The molecule has 6 heteroatoms. The molecule has 1 aliphatic heterocycles. The molecule has 0 aromatic heterocycles. The number of hydrogen-bond donors (Lipinski definition) is 0. The van der Waals surface area contributed by atoms with Gasteiger partial charge in [0.1, 0.15) is 0 Å². The number of amides is 1. The molecule has 1 heterocycles. The van der Waals surface area contributed by atoms with Gasteiger partial charge in [-0.05, 0) is 6.92 Å². The molecule has 0 aliphatic carbocycles. The van der Waals surface area contributed by atoms with Crippen molar-refractivity contribution in [3.05, 3.63) is 0 Å². The Morgan fingerprint density at radius 3 is 3.00 bits per heavy atom. The van der Waals surface area contributed by atoms with Crippen LogP contribution in [0.1, 0.15) is 13.3 Å². The van der Waals surface area contributed by atoms with E-state index in [-0.39, 0.29) is 6.42 Å². The standard InChI is InChI=1S/C8H9ClN2O3/c1-2-14-6(12)3-5-4-10-8(13)7(9)11-5/h4,7H,2-3H2,1H3. The molecule has 76 valence electrons. The maximum atomic E-state index is 11.0. The van der Waals surface area contributed by atoms with Crippen molar-refractivity contribution in [1.82, 2.24) is 0 Å². The quantitative estimate of drug-likeness (QED) is 0.393. The lowest BCUT2D eigenvalue weighted by Gasteiger charge is -2.07. The number of halogens is 1. The van der Waals surface area contributed by atoms with E-state index in [1.54, 1.807) is 6.92 Å². The van der Waals surface area contributed by atoms with Crippen LogP contribution in [0, 0.1) is 0 Å². The number of hydrogen-bond acceptors (Lipinski definition) is 4. The van der Waals surface area contributed by atoms with Gasteiger partial charge in [-0.3, -0.25) is 14.6 Å². The number of nitrogens with zero attached hydrogens (tertiary/aromatic N) is 2. The van der Waals surface area contributed by atoms with Gasteiger partial charge in [-0.1, -0.05) is 11.6 Å². The molecule has 0 N–H and O–H groups in total. The van der Waals surface area contributed by atoms with Gasteiger partial charge in [-0.15, -0.1) is 0 Å². The van der Waals surface area contributed by atoms with E-state index < -0.39 is 17.4 Å². The Kier molecular flexibility index (Phi) is 3.76. The Labute approximate surface area is 85.8 Å². The van der Waals surface area contributed by atoms with Crippen molar-refractivity contribution >= 4 is 35.4 Å². The number of rotatable bonds is 3. The minimum absolute atomic E-state index is 0.00611. The van der Waals surface area contributed by atoms with E-state index in [2.05, 4.69) is 9.98 Å². The van der Waals surface area contributed by atoms with Gasteiger partial charge in [-0.2, -0.15) is 0 Å². The largest absolute Gasteiger partial charge is 0.466 e. The first-order valence-electron chi connectivity index (χ1n) is 4.07. The van der Waals surface area contributed by atoms with Crippen LogP contribution in [0.5, 0.6) is 0 Å². The summed E-state index contributed by atoms with van der Waals surface area (Å²) in [5.74, 6) is -0.921. The van der Waals surface area contributed by atoms with E-state index >= 15 is 0 Å². The van der Waals surface area contributed by atoms with Crippen LogP contribution in [0.3, 0.4) is 0 Å². The van der Waals surface area contributed by atoms with Gasteiger partial charge >= 0.3 is 5.97 Å². The molecule has 1 unspecified atom stereocenters. The number of esters is 1. The van der Waals surface area contributed by atoms with Crippen molar-refractivity contribution in [2.45, 2.75) is 18.8 Å². The van der Waals surface area contributed by atoms with Gasteiger partial charge in [0.05, 0.1) is 25.0 Å². The number of alkyl halides is 1. The lowest BCUT2D eigenvalue weighted by Crippen LogP contribution is -2.22. The van der Waals surface area contributed by atoms with Crippen molar-refractivity contribution in [3.8, 4) is 0 Å². The minimum Gasteiger partial charge on any atom is -0.466 e. The maximum Gasteiger partial charge on any atom is 0.311 e. The zero-order valence-electron chi connectivity index (χ0n) is 7.57. The highest BCUT2D eigenvalue weighted by atomic mass is 35.5. The average Bonchev–Trinajstić information content (AvgIpc) is 2.12. The smallest absolute Gasteiger partial charge is 0.311 e. The lowest BCUT2D eigenvalue weighted by molar-refractivity contribution is -0.141. The Bertz CT molecular complexity index is 312. The molecule has 1 rings (SSSR count). The second-order valence-electron chi connectivity index (χ2n) is 2.53. The van der Waals surface area contributed by atoms with E-state index in [0.29, 0.717) is 12.3 Å². The highest BCUT2D eigenvalue weighted by molar-refractivity contribution is 6.41. The van der Waals surface area contributed by atoms with Crippen molar-refractivity contribution in [2.75, 3.05) is 6.61 Å². The second-order valence-corrected chi connectivity index (χ2v) is 2.95.